The first-order chi connectivity index (χ1) is 7.65. The van der Waals surface area contributed by atoms with Crippen molar-refractivity contribution in [2.24, 2.45) is 0 Å². The van der Waals surface area contributed by atoms with E-state index < -0.39 is 8.32 Å². The number of hydrogen-bond donors (Lipinski definition) is 0. The monoisotopic (exact) mass is 300 g/mol. The van der Waals surface area contributed by atoms with Gasteiger partial charge >= 0.3 is 0 Å². The van der Waals surface area contributed by atoms with E-state index in [2.05, 4.69) is 61.0 Å². The molecule has 0 atom stereocenters. The predicted octanol–water partition coefficient (Wildman–Crippen LogP) is 4.97. The molecule has 0 saturated carbocycles. The first-order valence-electron chi connectivity index (χ1n) is 6.04. The van der Waals surface area contributed by atoms with Gasteiger partial charge in [0.2, 0.25) is 0 Å². The highest BCUT2D eigenvalue weighted by Gasteiger charge is 2.28. The van der Waals surface area contributed by atoms with Crippen molar-refractivity contribution in [1.82, 2.24) is 0 Å². The molecule has 1 rings (SSSR count). The van der Waals surface area contributed by atoms with Gasteiger partial charge in [0.15, 0.2) is 8.32 Å². The summed E-state index contributed by atoms with van der Waals surface area (Å²) in [6, 6.07) is 12.1. The molecule has 0 bridgehead atoms. The summed E-state index contributed by atoms with van der Waals surface area (Å²) >= 11 is 3.44. The van der Waals surface area contributed by atoms with Gasteiger partial charge in [-0.3, -0.25) is 0 Å². The molecule has 1 nitrogen and oxygen atoms in total. The van der Waals surface area contributed by atoms with Crippen molar-refractivity contribution in [2.45, 2.75) is 45.5 Å². The van der Waals surface area contributed by atoms with E-state index in [1.54, 1.807) is 0 Å². The van der Waals surface area contributed by atoms with Gasteiger partial charge in [-0.25, -0.2) is 0 Å². The molecule has 0 N–H and O–H groups in total. The van der Waals surface area contributed by atoms with Crippen LogP contribution in [0.5, 0.6) is 0 Å². The molecular weight excluding hydrogens is 280 g/mol. The fourth-order valence-corrected chi connectivity index (χ4v) is 4.72. The van der Waals surface area contributed by atoms with Crippen molar-refractivity contribution in [3.05, 3.63) is 34.3 Å². The Bertz CT molecular complexity index is 298. The Labute approximate surface area is 108 Å². The van der Waals surface area contributed by atoms with E-state index in [0.717, 1.165) is 11.1 Å². The molecule has 0 radical (unpaired) electrons. The quantitative estimate of drug-likeness (QED) is 0.674. The molecule has 0 aliphatic carbocycles. The molecule has 1 aromatic carbocycles. The van der Waals surface area contributed by atoms with Crippen LogP contribution in [0, 0.1) is 0 Å². The Balaban J connectivity index is 2.58. The summed E-state index contributed by atoms with van der Waals surface area (Å²) in [4.78, 5) is 0. The topological polar surface area (TPSA) is 9.23 Å². The molecule has 0 aliphatic rings. The molecule has 0 saturated heterocycles. The number of rotatable bonds is 6. The molecule has 0 aromatic heterocycles. The number of benzene rings is 1. The molecule has 90 valence electrons. The average Bonchev–Trinajstić information content (AvgIpc) is 2.34. The van der Waals surface area contributed by atoms with Crippen molar-refractivity contribution < 1.29 is 4.43 Å². The normalized spacial score (nSPS) is 11.8. The van der Waals surface area contributed by atoms with Gasteiger partial charge in [0, 0.05) is 4.47 Å². The maximum atomic E-state index is 6.23. The summed E-state index contributed by atoms with van der Waals surface area (Å²) in [6.45, 7) is 7.57. The van der Waals surface area contributed by atoms with Gasteiger partial charge < -0.3 is 4.43 Å². The van der Waals surface area contributed by atoms with Crippen molar-refractivity contribution in [3.63, 3.8) is 0 Å². The minimum Gasteiger partial charge on any atom is -0.413 e. The van der Waals surface area contributed by atoms with Crippen LogP contribution >= 0.6 is 15.9 Å². The molecule has 1 aromatic rings. The lowest BCUT2D eigenvalue weighted by Crippen LogP contribution is -2.35. The predicted molar refractivity (Wildman–Crippen MR) is 76.1 cm³/mol. The summed E-state index contributed by atoms with van der Waals surface area (Å²) in [7, 11) is -1.43. The fourth-order valence-electron chi connectivity index (χ4n) is 1.87. The van der Waals surface area contributed by atoms with Crippen LogP contribution in [-0.4, -0.2) is 8.32 Å². The molecule has 3 heteroatoms. The highest BCUT2D eigenvalue weighted by molar-refractivity contribution is 9.10. The van der Waals surface area contributed by atoms with Gasteiger partial charge in [-0.15, -0.1) is 0 Å². The van der Waals surface area contributed by atoms with Crippen molar-refractivity contribution in [1.29, 1.82) is 0 Å². The average molecular weight is 301 g/mol. The Kier molecular flexibility index (Phi) is 5.73. The standard InChI is InChI=1S/C13H21BrOSi/c1-4-16(5-2,6-3)15-11-12-7-9-13(14)10-8-12/h7-10H,4-6,11H2,1-3H3. The van der Waals surface area contributed by atoms with Crippen LogP contribution in [0.3, 0.4) is 0 Å². The first-order valence-corrected chi connectivity index (χ1v) is 9.36. The molecular formula is C13H21BrOSi. The van der Waals surface area contributed by atoms with Gasteiger partial charge in [-0.05, 0) is 35.8 Å². The zero-order valence-corrected chi connectivity index (χ0v) is 13.0. The smallest absolute Gasteiger partial charge is 0.192 e. The summed E-state index contributed by atoms with van der Waals surface area (Å²) in [6.07, 6.45) is 0. The lowest BCUT2D eigenvalue weighted by atomic mass is 10.2. The fraction of sp³-hybridized carbons (Fsp3) is 0.538. The van der Waals surface area contributed by atoms with Crippen molar-refractivity contribution >= 4 is 24.2 Å². The van der Waals surface area contributed by atoms with Crippen LogP contribution in [0.15, 0.2) is 28.7 Å². The Morgan fingerprint density at radius 2 is 1.50 bits per heavy atom. The second-order valence-corrected chi connectivity index (χ2v) is 9.85. The van der Waals surface area contributed by atoms with E-state index in [4.69, 9.17) is 4.43 Å². The number of hydrogen-bond acceptors (Lipinski definition) is 1. The largest absolute Gasteiger partial charge is 0.413 e. The van der Waals surface area contributed by atoms with Crippen molar-refractivity contribution in [3.8, 4) is 0 Å². The van der Waals surface area contributed by atoms with Crippen LogP contribution in [0.25, 0.3) is 0 Å². The summed E-state index contributed by atoms with van der Waals surface area (Å²) in [5, 5.41) is 0. The van der Waals surface area contributed by atoms with Crippen LogP contribution in [-0.2, 0) is 11.0 Å². The van der Waals surface area contributed by atoms with E-state index in [1.165, 1.54) is 23.7 Å². The highest BCUT2D eigenvalue weighted by atomic mass is 79.9. The Hall–Kier alpha value is -0.123. The zero-order valence-electron chi connectivity index (χ0n) is 10.4. The molecule has 16 heavy (non-hydrogen) atoms. The van der Waals surface area contributed by atoms with Crippen LogP contribution in [0.4, 0.5) is 0 Å². The van der Waals surface area contributed by atoms with Crippen LogP contribution in [0.1, 0.15) is 26.3 Å². The second kappa shape index (κ2) is 6.57. The molecule has 0 amide bonds. The zero-order chi connectivity index (χ0) is 12.0. The third-order valence-corrected chi connectivity index (χ3v) is 8.54. The van der Waals surface area contributed by atoms with E-state index in [0.29, 0.717) is 0 Å². The first kappa shape index (κ1) is 13.9. The van der Waals surface area contributed by atoms with Gasteiger partial charge in [0.25, 0.3) is 0 Å². The molecule has 0 fully saturated rings. The Morgan fingerprint density at radius 1 is 1.00 bits per heavy atom. The Morgan fingerprint density at radius 3 is 1.94 bits per heavy atom. The summed E-state index contributed by atoms with van der Waals surface area (Å²) in [5.74, 6) is 0. The van der Waals surface area contributed by atoms with Gasteiger partial charge in [-0.2, -0.15) is 0 Å². The van der Waals surface area contributed by atoms with E-state index in [-0.39, 0.29) is 0 Å². The third-order valence-electron chi connectivity index (χ3n) is 3.39. The molecule has 0 spiro atoms. The summed E-state index contributed by atoms with van der Waals surface area (Å²) in [5.41, 5.74) is 1.27. The van der Waals surface area contributed by atoms with E-state index in [1.807, 2.05) is 0 Å². The number of halogens is 1. The van der Waals surface area contributed by atoms with E-state index in [9.17, 15) is 0 Å². The molecule has 0 aliphatic heterocycles. The van der Waals surface area contributed by atoms with Crippen LogP contribution < -0.4 is 0 Å². The SMILES string of the molecule is CC[Si](CC)(CC)OCc1ccc(Br)cc1. The second-order valence-electron chi connectivity index (χ2n) is 4.16. The lowest BCUT2D eigenvalue weighted by Gasteiger charge is -2.28. The van der Waals surface area contributed by atoms with Gasteiger partial charge in [0.1, 0.15) is 0 Å². The lowest BCUT2D eigenvalue weighted by molar-refractivity contribution is 0.287. The summed E-state index contributed by atoms with van der Waals surface area (Å²) < 4.78 is 7.35. The van der Waals surface area contributed by atoms with Crippen LogP contribution in [0.2, 0.25) is 18.1 Å². The van der Waals surface area contributed by atoms with Gasteiger partial charge in [-0.1, -0.05) is 48.8 Å². The van der Waals surface area contributed by atoms with Gasteiger partial charge in [0.05, 0.1) is 6.61 Å². The minimum atomic E-state index is -1.43. The molecule has 0 unspecified atom stereocenters. The molecule has 0 heterocycles. The highest BCUT2D eigenvalue weighted by Crippen LogP contribution is 2.23. The third kappa shape index (κ3) is 3.72. The van der Waals surface area contributed by atoms with Crippen molar-refractivity contribution in [2.75, 3.05) is 0 Å². The maximum absolute atomic E-state index is 6.23. The maximum Gasteiger partial charge on any atom is 0.192 e. The van der Waals surface area contributed by atoms with E-state index >= 15 is 0 Å². The minimum absolute atomic E-state index is 0.773.